The van der Waals surface area contributed by atoms with Gasteiger partial charge in [-0.05, 0) is 48.9 Å². The molecule has 0 bridgehead atoms. The Balaban J connectivity index is 1.64. The molecule has 3 aromatic carbocycles. The summed E-state index contributed by atoms with van der Waals surface area (Å²) in [7, 11) is 0. The highest BCUT2D eigenvalue weighted by molar-refractivity contribution is 5.83. The van der Waals surface area contributed by atoms with Gasteiger partial charge in [0.05, 0.1) is 33.5 Å². The quantitative estimate of drug-likeness (QED) is 0.396. The Bertz CT molecular complexity index is 1350. The standard InChI is InChI=1S/C26H22N4/c1-18-11-13-19(14-12-18)17-28-23-16-24-26(15-21(23)27)30(20-7-3-2-4-8-20)25-10-6-5-9-22(25)29-24/h2-16,27-28H,17H2,1H3. The second-order valence-electron chi connectivity index (χ2n) is 7.50. The zero-order chi connectivity index (χ0) is 20.5. The third-order valence-electron chi connectivity index (χ3n) is 5.34. The third-order valence-corrected chi connectivity index (χ3v) is 5.34. The van der Waals surface area contributed by atoms with Crippen LogP contribution in [0, 0.1) is 12.3 Å². The van der Waals surface area contributed by atoms with Gasteiger partial charge in [0, 0.05) is 12.2 Å². The number of fused-ring (bicyclic) bond motifs is 2. The summed E-state index contributed by atoms with van der Waals surface area (Å²) in [5.74, 6) is 0. The first-order chi connectivity index (χ1) is 14.7. The molecule has 0 saturated carbocycles. The van der Waals surface area contributed by atoms with Crippen molar-refractivity contribution in [2.45, 2.75) is 13.5 Å². The van der Waals surface area contributed by atoms with Gasteiger partial charge in [0.15, 0.2) is 0 Å². The van der Waals surface area contributed by atoms with Crippen molar-refractivity contribution in [2.75, 3.05) is 5.32 Å². The molecular weight excluding hydrogens is 368 g/mol. The van der Waals surface area contributed by atoms with Gasteiger partial charge in [0.25, 0.3) is 0 Å². The highest BCUT2D eigenvalue weighted by atomic mass is 15.0. The Kier molecular flexibility index (Phi) is 4.52. The maximum atomic E-state index is 8.62. The van der Waals surface area contributed by atoms with E-state index in [1.165, 1.54) is 11.1 Å². The summed E-state index contributed by atoms with van der Waals surface area (Å²) in [5, 5.41) is 12.5. The van der Waals surface area contributed by atoms with Crippen LogP contribution in [0.4, 0.5) is 5.69 Å². The van der Waals surface area contributed by atoms with Gasteiger partial charge in [-0.3, -0.25) is 5.41 Å². The summed E-state index contributed by atoms with van der Waals surface area (Å²) in [6, 6.07) is 30.7. The van der Waals surface area contributed by atoms with Crippen LogP contribution < -0.4 is 10.7 Å². The molecule has 0 spiro atoms. The molecule has 2 N–H and O–H groups in total. The number of hydrogen-bond donors (Lipinski definition) is 2. The van der Waals surface area contributed by atoms with E-state index in [1.807, 2.05) is 48.5 Å². The van der Waals surface area contributed by atoms with Crippen molar-refractivity contribution >= 4 is 16.7 Å². The number of aromatic nitrogens is 2. The molecule has 4 heteroatoms. The molecule has 1 aliphatic carbocycles. The molecule has 0 fully saturated rings. The Hall–Kier alpha value is -3.92. The van der Waals surface area contributed by atoms with Gasteiger partial charge in [0.1, 0.15) is 0 Å². The average Bonchev–Trinajstić information content (AvgIpc) is 2.78. The van der Waals surface area contributed by atoms with Crippen molar-refractivity contribution in [3.8, 4) is 17.1 Å². The number of benzene rings is 4. The van der Waals surface area contributed by atoms with E-state index in [1.54, 1.807) is 0 Å². The first-order valence-corrected chi connectivity index (χ1v) is 10.0. The first-order valence-electron chi connectivity index (χ1n) is 10.0. The molecule has 30 heavy (non-hydrogen) atoms. The van der Waals surface area contributed by atoms with Crippen LogP contribution in [0.15, 0.2) is 91.0 Å². The second-order valence-corrected chi connectivity index (χ2v) is 7.50. The lowest BCUT2D eigenvalue weighted by atomic mass is 10.1. The maximum absolute atomic E-state index is 8.62. The number of hydrogen-bond acceptors (Lipinski definition) is 3. The molecule has 0 unspecified atom stereocenters. The predicted octanol–water partition coefficient (Wildman–Crippen LogP) is 5.53. The van der Waals surface area contributed by atoms with E-state index in [4.69, 9.17) is 10.4 Å². The summed E-state index contributed by atoms with van der Waals surface area (Å²) in [5.41, 5.74) is 8.00. The minimum Gasteiger partial charge on any atom is -0.379 e. The van der Waals surface area contributed by atoms with Crippen LogP contribution in [0.2, 0.25) is 0 Å². The number of anilines is 1. The number of nitrogens with zero attached hydrogens (tertiary/aromatic N) is 2. The minimum atomic E-state index is 0.455. The van der Waals surface area contributed by atoms with Crippen molar-refractivity contribution in [1.82, 2.24) is 9.55 Å². The molecule has 3 aromatic rings. The molecule has 0 aromatic heterocycles. The van der Waals surface area contributed by atoms with E-state index in [0.29, 0.717) is 11.9 Å². The summed E-state index contributed by atoms with van der Waals surface area (Å²) in [6.45, 7) is 2.75. The van der Waals surface area contributed by atoms with Crippen LogP contribution in [0.25, 0.3) is 28.1 Å². The fourth-order valence-electron chi connectivity index (χ4n) is 3.76. The van der Waals surface area contributed by atoms with Crippen molar-refractivity contribution in [3.63, 3.8) is 0 Å². The molecule has 0 saturated heterocycles. The van der Waals surface area contributed by atoms with Crippen LogP contribution in [-0.2, 0) is 6.54 Å². The van der Waals surface area contributed by atoms with Crippen LogP contribution in [0.5, 0.6) is 0 Å². The minimum absolute atomic E-state index is 0.455. The van der Waals surface area contributed by atoms with E-state index >= 15 is 0 Å². The zero-order valence-corrected chi connectivity index (χ0v) is 16.8. The molecule has 146 valence electrons. The lowest BCUT2D eigenvalue weighted by Gasteiger charge is -2.20. The van der Waals surface area contributed by atoms with Crippen molar-refractivity contribution in [3.05, 3.63) is 107 Å². The lowest BCUT2D eigenvalue weighted by molar-refractivity contribution is 1.06. The number of para-hydroxylation sites is 3. The maximum Gasteiger partial charge on any atom is 0.0900 e. The molecule has 0 amide bonds. The largest absolute Gasteiger partial charge is 0.379 e. The molecule has 5 rings (SSSR count). The molecular formula is C26H22N4. The van der Waals surface area contributed by atoms with E-state index in [-0.39, 0.29) is 0 Å². The number of aryl methyl sites for hydroxylation is 1. The SMILES string of the molecule is Cc1ccc(CNc2cc3nc4ccccc4n(-c4ccccc4)c-3cc2=N)cc1. The van der Waals surface area contributed by atoms with Crippen LogP contribution in [0.1, 0.15) is 11.1 Å². The summed E-state index contributed by atoms with van der Waals surface area (Å²) < 4.78 is 2.18. The molecule has 1 aliphatic heterocycles. The summed E-state index contributed by atoms with van der Waals surface area (Å²) in [4.78, 5) is 4.89. The summed E-state index contributed by atoms with van der Waals surface area (Å²) in [6.07, 6.45) is 0. The van der Waals surface area contributed by atoms with Crippen molar-refractivity contribution < 1.29 is 0 Å². The topological polar surface area (TPSA) is 53.7 Å². The fraction of sp³-hybridized carbons (Fsp3) is 0.0769. The summed E-state index contributed by atoms with van der Waals surface area (Å²) >= 11 is 0. The van der Waals surface area contributed by atoms with Crippen LogP contribution in [-0.4, -0.2) is 9.55 Å². The van der Waals surface area contributed by atoms with Gasteiger partial charge in [-0.2, -0.15) is 0 Å². The highest BCUT2D eigenvalue weighted by Gasteiger charge is 2.15. The molecule has 2 aliphatic rings. The lowest BCUT2D eigenvalue weighted by Crippen LogP contribution is -2.15. The van der Waals surface area contributed by atoms with E-state index in [0.717, 1.165) is 33.8 Å². The van der Waals surface area contributed by atoms with E-state index in [9.17, 15) is 0 Å². The monoisotopic (exact) mass is 390 g/mol. The van der Waals surface area contributed by atoms with Gasteiger partial charge in [0.2, 0.25) is 0 Å². The van der Waals surface area contributed by atoms with Gasteiger partial charge < -0.3 is 9.88 Å². The van der Waals surface area contributed by atoms with Crippen molar-refractivity contribution in [1.29, 1.82) is 5.41 Å². The van der Waals surface area contributed by atoms with Gasteiger partial charge in [-0.1, -0.05) is 60.2 Å². The van der Waals surface area contributed by atoms with Crippen LogP contribution in [0.3, 0.4) is 0 Å². The Morgan fingerprint density at radius 3 is 2.40 bits per heavy atom. The highest BCUT2D eigenvalue weighted by Crippen LogP contribution is 2.29. The molecule has 4 nitrogen and oxygen atoms in total. The predicted molar refractivity (Wildman–Crippen MR) is 122 cm³/mol. The fourth-order valence-corrected chi connectivity index (χ4v) is 3.76. The normalized spacial score (nSPS) is 11.1. The number of nitrogens with one attached hydrogen (secondary N) is 2. The van der Waals surface area contributed by atoms with Crippen LogP contribution >= 0.6 is 0 Å². The average molecular weight is 390 g/mol. The smallest absolute Gasteiger partial charge is 0.0900 e. The zero-order valence-electron chi connectivity index (χ0n) is 16.8. The Morgan fingerprint density at radius 2 is 1.60 bits per heavy atom. The number of rotatable bonds is 4. The first kappa shape index (κ1) is 18.1. The Labute approximate surface area is 175 Å². The molecule has 1 heterocycles. The van der Waals surface area contributed by atoms with E-state index in [2.05, 4.69) is 59.3 Å². The van der Waals surface area contributed by atoms with Gasteiger partial charge in [-0.15, -0.1) is 0 Å². The van der Waals surface area contributed by atoms with Gasteiger partial charge >= 0.3 is 0 Å². The van der Waals surface area contributed by atoms with Crippen molar-refractivity contribution in [2.24, 2.45) is 0 Å². The molecule has 0 atom stereocenters. The van der Waals surface area contributed by atoms with E-state index < -0.39 is 0 Å². The Morgan fingerprint density at radius 1 is 0.867 bits per heavy atom. The second kappa shape index (κ2) is 7.48. The van der Waals surface area contributed by atoms with Gasteiger partial charge in [-0.25, -0.2) is 4.98 Å². The molecule has 0 radical (unpaired) electrons. The third kappa shape index (κ3) is 3.33.